The first-order valence-corrected chi connectivity index (χ1v) is 10.4. The fraction of sp³-hybridized carbons (Fsp3) is 0.316. The molecule has 1 fully saturated rings. The Morgan fingerprint density at radius 3 is 2.44 bits per heavy atom. The molecule has 0 bridgehead atoms. The molecule has 1 heterocycles. The Kier molecular flexibility index (Phi) is 6.47. The van der Waals surface area contributed by atoms with Gasteiger partial charge in [0, 0.05) is 26.2 Å². The molecule has 0 aliphatic carbocycles. The summed E-state index contributed by atoms with van der Waals surface area (Å²) in [6, 6.07) is 13.8. The van der Waals surface area contributed by atoms with Gasteiger partial charge in [-0.15, -0.1) is 0 Å². The third kappa shape index (κ3) is 5.28. The molecule has 8 heteroatoms. The number of nitriles is 1. The van der Waals surface area contributed by atoms with Gasteiger partial charge in [0.1, 0.15) is 6.07 Å². The number of halogens is 1. The zero-order valence-corrected chi connectivity index (χ0v) is 16.3. The van der Waals surface area contributed by atoms with E-state index in [0.29, 0.717) is 0 Å². The maximum Gasteiger partial charge on any atom is 0.240 e. The fourth-order valence-electron chi connectivity index (χ4n) is 2.80. The van der Waals surface area contributed by atoms with E-state index in [1.165, 1.54) is 23.8 Å². The van der Waals surface area contributed by atoms with Gasteiger partial charge in [0.25, 0.3) is 0 Å². The third-order valence-corrected chi connectivity index (χ3v) is 6.10. The summed E-state index contributed by atoms with van der Waals surface area (Å²) in [7, 11) is -3.72. The molecule has 0 aromatic heterocycles. The number of morpholine rings is 1. The SMILES string of the molecule is N#Cc1cc(S(=O)(=O)NCc2ccc(CN3CCOCC3)cc2)ccc1Cl. The van der Waals surface area contributed by atoms with Crippen LogP contribution in [0.5, 0.6) is 0 Å². The van der Waals surface area contributed by atoms with Gasteiger partial charge >= 0.3 is 0 Å². The van der Waals surface area contributed by atoms with Crippen molar-refractivity contribution >= 4 is 21.6 Å². The van der Waals surface area contributed by atoms with Crippen LogP contribution in [0.25, 0.3) is 0 Å². The average molecular weight is 406 g/mol. The molecule has 0 saturated carbocycles. The first-order valence-electron chi connectivity index (χ1n) is 8.55. The lowest BCUT2D eigenvalue weighted by atomic mass is 10.1. The minimum Gasteiger partial charge on any atom is -0.379 e. The number of hydrogen-bond acceptors (Lipinski definition) is 5. The van der Waals surface area contributed by atoms with Crippen molar-refractivity contribution in [2.75, 3.05) is 26.3 Å². The highest BCUT2D eigenvalue weighted by atomic mass is 35.5. The van der Waals surface area contributed by atoms with Crippen LogP contribution in [-0.4, -0.2) is 39.6 Å². The molecule has 6 nitrogen and oxygen atoms in total. The summed E-state index contributed by atoms with van der Waals surface area (Å²) >= 11 is 5.86. The second-order valence-electron chi connectivity index (χ2n) is 6.28. The second kappa shape index (κ2) is 8.83. The highest BCUT2D eigenvalue weighted by Crippen LogP contribution is 2.20. The maximum atomic E-state index is 12.4. The van der Waals surface area contributed by atoms with Crippen LogP contribution in [0.1, 0.15) is 16.7 Å². The lowest BCUT2D eigenvalue weighted by Gasteiger charge is -2.26. The zero-order chi connectivity index (χ0) is 19.3. The summed E-state index contributed by atoms with van der Waals surface area (Å²) in [5.74, 6) is 0. The third-order valence-electron chi connectivity index (χ3n) is 4.37. The van der Waals surface area contributed by atoms with E-state index in [0.717, 1.165) is 38.4 Å². The summed E-state index contributed by atoms with van der Waals surface area (Å²) in [6.07, 6.45) is 0. The number of benzene rings is 2. The van der Waals surface area contributed by atoms with E-state index in [4.69, 9.17) is 21.6 Å². The molecule has 27 heavy (non-hydrogen) atoms. The Balaban J connectivity index is 1.61. The van der Waals surface area contributed by atoms with E-state index < -0.39 is 10.0 Å². The predicted molar refractivity (Wildman–Crippen MR) is 103 cm³/mol. The molecule has 0 amide bonds. The first-order chi connectivity index (χ1) is 13.0. The summed E-state index contributed by atoms with van der Waals surface area (Å²) in [4.78, 5) is 2.35. The van der Waals surface area contributed by atoms with Crippen LogP contribution in [0.15, 0.2) is 47.4 Å². The molecule has 1 aliphatic rings. The minimum atomic E-state index is -3.72. The van der Waals surface area contributed by atoms with E-state index in [-0.39, 0.29) is 22.0 Å². The van der Waals surface area contributed by atoms with Gasteiger partial charge in [-0.1, -0.05) is 35.9 Å². The van der Waals surface area contributed by atoms with E-state index >= 15 is 0 Å². The van der Waals surface area contributed by atoms with Crippen molar-refractivity contribution in [3.63, 3.8) is 0 Å². The van der Waals surface area contributed by atoms with Crippen molar-refractivity contribution in [2.45, 2.75) is 18.0 Å². The van der Waals surface area contributed by atoms with Gasteiger partial charge in [0.05, 0.1) is 28.7 Å². The normalized spacial score (nSPS) is 15.4. The number of rotatable bonds is 6. The van der Waals surface area contributed by atoms with Crippen LogP contribution in [0.3, 0.4) is 0 Å². The summed E-state index contributed by atoms with van der Waals surface area (Å²) in [5, 5.41) is 9.23. The molecule has 0 spiro atoms. The lowest BCUT2D eigenvalue weighted by Crippen LogP contribution is -2.35. The molecule has 142 valence electrons. The van der Waals surface area contributed by atoms with Gasteiger partial charge in [-0.05, 0) is 29.3 Å². The molecule has 2 aromatic rings. The van der Waals surface area contributed by atoms with E-state index in [1.54, 1.807) is 0 Å². The Labute approximate surface area is 164 Å². The molecule has 1 saturated heterocycles. The molecule has 0 radical (unpaired) electrons. The highest BCUT2D eigenvalue weighted by Gasteiger charge is 2.16. The summed E-state index contributed by atoms with van der Waals surface area (Å²) in [6.45, 7) is 4.40. The van der Waals surface area contributed by atoms with Gasteiger partial charge < -0.3 is 4.74 Å². The quantitative estimate of drug-likeness (QED) is 0.798. The molecule has 0 unspecified atom stereocenters. The summed E-state index contributed by atoms with van der Waals surface area (Å²) in [5.41, 5.74) is 2.17. The highest BCUT2D eigenvalue weighted by molar-refractivity contribution is 7.89. The van der Waals surface area contributed by atoms with Crippen LogP contribution in [0.4, 0.5) is 0 Å². The van der Waals surface area contributed by atoms with Gasteiger partial charge in [0.15, 0.2) is 0 Å². The predicted octanol–water partition coefficient (Wildman–Crippen LogP) is 2.52. The van der Waals surface area contributed by atoms with Crippen molar-refractivity contribution in [2.24, 2.45) is 0 Å². The van der Waals surface area contributed by atoms with Gasteiger partial charge in [-0.25, -0.2) is 13.1 Å². The first kappa shape index (κ1) is 19.8. The molecular weight excluding hydrogens is 386 g/mol. The standard InChI is InChI=1S/C19H20ClN3O3S/c20-19-6-5-18(11-17(19)12-21)27(24,25)22-13-15-1-3-16(4-2-15)14-23-7-9-26-10-8-23/h1-6,11,22H,7-10,13-14H2. The topological polar surface area (TPSA) is 82.4 Å². The molecule has 0 atom stereocenters. The smallest absolute Gasteiger partial charge is 0.240 e. The summed E-state index contributed by atoms with van der Waals surface area (Å²) < 4.78 is 32.8. The molecular formula is C19H20ClN3O3S. The molecule has 3 rings (SSSR count). The van der Waals surface area contributed by atoms with E-state index in [2.05, 4.69) is 9.62 Å². The van der Waals surface area contributed by atoms with Crippen molar-refractivity contribution in [1.29, 1.82) is 5.26 Å². The average Bonchev–Trinajstić information content (AvgIpc) is 2.68. The minimum absolute atomic E-state index is 0.0207. The Hall–Kier alpha value is -1.95. The van der Waals surface area contributed by atoms with Crippen molar-refractivity contribution < 1.29 is 13.2 Å². The Morgan fingerprint density at radius 2 is 1.78 bits per heavy atom. The van der Waals surface area contributed by atoms with Gasteiger partial charge in [0.2, 0.25) is 10.0 Å². The number of sulfonamides is 1. The molecule has 1 aliphatic heterocycles. The van der Waals surface area contributed by atoms with Crippen molar-refractivity contribution in [3.8, 4) is 6.07 Å². The van der Waals surface area contributed by atoms with Crippen LogP contribution in [0, 0.1) is 11.3 Å². The van der Waals surface area contributed by atoms with E-state index in [1.807, 2.05) is 30.3 Å². The Morgan fingerprint density at radius 1 is 1.11 bits per heavy atom. The largest absolute Gasteiger partial charge is 0.379 e. The monoisotopic (exact) mass is 405 g/mol. The van der Waals surface area contributed by atoms with Crippen LogP contribution < -0.4 is 4.72 Å². The van der Waals surface area contributed by atoms with Gasteiger partial charge in [-0.2, -0.15) is 5.26 Å². The van der Waals surface area contributed by atoms with Gasteiger partial charge in [-0.3, -0.25) is 4.90 Å². The Bertz CT molecular complexity index is 934. The van der Waals surface area contributed by atoms with Crippen molar-refractivity contribution in [1.82, 2.24) is 9.62 Å². The fourth-order valence-corrected chi connectivity index (χ4v) is 4.00. The van der Waals surface area contributed by atoms with Crippen LogP contribution in [-0.2, 0) is 27.8 Å². The molecule has 1 N–H and O–H groups in total. The number of ether oxygens (including phenoxy) is 1. The zero-order valence-electron chi connectivity index (χ0n) is 14.7. The second-order valence-corrected chi connectivity index (χ2v) is 8.46. The number of nitrogens with zero attached hydrogens (tertiary/aromatic N) is 2. The van der Waals surface area contributed by atoms with Crippen molar-refractivity contribution in [3.05, 3.63) is 64.2 Å². The molecule has 2 aromatic carbocycles. The lowest BCUT2D eigenvalue weighted by molar-refractivity contribution is 0.0342. The number of hydrogen-bond donors (Lipinski definition) is 1. The van der Waals surface area contributed by atoms with Crippen LogP contribution in [0.2, 0.25) is 5.02 Å². The number of nitrogens with one attached hydrogen (secondary N) is 1. The maximum absolute atomic E-state index is 12.4. The van der Waals surface area contributed by atoms with E-state index in [9.17, 15) is 8.42 Å². The van der Waals surface area contributed by atoms with Crippen LogP contribution >= 0.6 is 11.6 Å².